The van der Waals surface area contributed by atoms with Crippen molar-refractivity contribution in [2.75, 3.05) is 17.9 Å². The summed E-state index contributed by atoms with van der Waals surface area (Å²) in [5.41, 5.74) is 6.57. The summed E-state index contributed by atoms with van der Waals surface area (Å²) in [6, 6.07) is 5.05. The summed E-state index contributed by atoms with van der Waals surface area (Å²) >= 11 is 0. The first-order valence-corrected chi connectivity index (χ1v) is 7.25. The number of amidine groups is 1. The van der Waals surface area contributed by atoms with E-state index in [0.717, 1.165) is 6.42 Å². The first-order valence-electron chi connectivity index (χ1n) is 5.81. The van der Waals surface area contributed by atoms with Gasteiger partial charge in [-0.1, -0.05) is 6.07 Å². The second-order valence-electron chi connectivity index (χ2n) is 4.34. The SMILES string of the molecule is NC1=NS(=O)(=O)Nc2cccc(OC3CCOC3)c21. The van der Waals surface area contributed by atoms with Gasteiger partial charge >= 0.3 is 10.2 Å². The minimum atomic E-state index is -3.76. The van der Waals surface area contributed by atoms with Crippen LogP contribution in [0, 0.1) is 0 Å². The fraction of sp³-hybridized carbons (Fsp3) is 0.364. The van der Waals surface area contributed by atoms with Crippen LogP contribution in [0.25, 0.3) is 0 Å². The molecule has 0 amide bonds. The normalized spacial score (nSPS) is 24.2. The van der Waals surface area contributed by atoms with Gasteiger partial charge < -0.3 is 15.2 Å². The fourth-order valence-corrected chi connectivity index (χ4v) is 2.94. The third kappa shape index (κ3) is 2.36. The van der Waals surface area contributed by atoms with Gasteiger partial charge in [0.15, 0.2) is 5.84 Å². The summed E-state index contributed by atoms with van der Waals surface area (Å²) in [6.07, 6.45) is 0.754. The predicted octanol–water partition coefficient (Wildman–Crippen LogP) is 0.230. The Morgan fingerprint density at radius 1 is 1.47 bits per heavy atom. The maximum absolute atomic E-state index is 11.4. The molecule has 0 radical (unpaired) electrons. The van der Waals surface area contributed by atoms with Crippen LogP contribution in [-0.2, 0) is 14.9 Å². The second kappa shape index (κ2) is 4.39. The number of hydrogen-bond acceptors (Lipinski definition) is 5. The molecule has 2 aliphatic heterocycles. The Hall–Kier alpha value is -1.80. The average molecular weight is 283 g/mol. The van der Waals surface area contributed by atoms with Gasteiger partial charge in [-0.3, -0.25) is 4.72 Å². The molecule has 0 aromatic heterocycles. The van der Waals surface area contributed by atoms with Gasteiger partial charge in [-0.05, 0) is 12.1 Å². The van der Waals surface area contributed by atoms with Crippen LogP contribution in [0.15, 0.2) is 22.6 Å². The Bertz CT molecular complexity index is 635. The molecule has 2 heterocycles. The van der Waals surface area contributed by atoms with E-state index in [-0.39, 0.29) is 11.9 Å². The highest BCUT2D eigenvalue weighted by molar-refractivity contribution is 7.91. The zero-order valence-electron chi connectivity index (χ0n) is 10.00. The Balaban J connectivity index is 1.99. The van der Waals surface area contributed by atoms with Crippen molar-refractivity contribution in [3.05, 3.63) is 23.8 Å². The molecule has 2 aliphatic rings. The van der Waals surface area contributed by atoms with Crippen LogP contribution in [-0.4, -0.2) is 33.6 Å². The summed E-state index contributed by atoms with van der Waals surface area (Å²) in [5.74, 6) is 0.444. The first kappa shape index (κ1) is 12.2. The Morgan fingerprint density at radius 3 is 3.05 bits per heavy atom. The summed E-state index contributed by atoms with van der Waals surface area (Å²) < 4.78 is 39.7. The minimum Gasteiger partial charge on any atom is -0.487 e. The van der Waals surface area contributed by atoms with Crippen LogP contribution in [0.2, 0.25) is 0 Å². The van der Waals surface area contributed by atoms with Crippen molar-refractivity contribution < 1.29 is 17.9 Å². The van der Waals surface area contributed by atoms with E-state index >= 15 is 0 Å². The molecule has 7 nitrogen and oxygen atoms in total. The number of hydrogen-bond donors (Lipinski definition) is 2. The summed E-state index contributed by atoms with van der Waals surface area (Å²) in [5, 5.41) is 0. The molecule has 1 aromatic rings. The van der Waals surface area contributed by atoms with Crippen molar-refractivity contribution in [1.82, 2.24) is 0 Å². The molecule has 0 aliphatic carbocycles. The molecule has 0 saturated carbocycles. The van der Waals surface area contributed by atoms with Crippen molar-refractivity contribution in [3.8, 4) is 5.75 Å². The molecular weight excluding hydrogens is 270 g/mol. The van der Waals surface area contributed by atoms with Gasteiger partial charge in [-0.2, -0.15) is 8.42 Å². The van der Waals surface area contributed by atoms with Crippen molar-refractivity contribution in [3.63, 3.8) is 0 Å². The largest absolute Gasteiger partial charge is 0.487 e. The molecule has 1 saturated heterocycles. The molecule has 1 aromatic carbocycles. The average Bonchev–Trinajstić information content (AvgIpc) is 2.79. The zero-order chi connectivity index (χ0) is 13.5. The first-order chi connectivity index (χ1) is 9.05. The quantitative estimate of drug-likeness (QED) is 0.808. The molecular formula is C11H13N3O4S. The van der Waals surface area contributed by atoms with Gasteiger partial charge in [0.25, 0.3) is 0 Å². The smallest absolute Gasteiger partial charge is 0.344 e. The van der Waals surface area contributed by atoms with E-state index in [2.05, 4.69) is 9.12 Å². The van der Waals surface area contributed by atoms with Crippen LogP contribution in [0.1, 0.15) is 12.0 Å². The molecule has 1 atom stereocenters. The van der Waals surface area contributed by atoms with Gasteiger partial charge in [0.2, 0.25) is 0 Å². The molecule has 19 heavy (non-hydrogen) atoms. The topological polar surface area (TPSA) is 103 Å². The van der Waals surface area contributed by atoms with Crippen molar-refractivity contribution in [2.45, 2.75) is 12.5 Å². The van der Waals surface area contributed by atoms with E-state index < -0.39 is 10.2 Å². The second-order valence-corrected chi connectivity index (χ2v) is 5.67. The lowest BCUT2D eigenvalue weighted by Gasteiger charge is -2.20. The molecule has 3 rings (SSSR count). The minimum absolute atomic E-state index is 0.0437. The number of nitrogens with two attached hydrogens (primary N) is 1. The standard InChI is InChI=1S/C11H13N3O4S/c12-11-10-8(13-19(15,16)14-11)2-1-3-9(10)18-7-4-5-17-6-7/h1-3,7,13H,4-6H2,(H2,12,14). The van der Waals surface area contributed by atoms with Crippen molar-refractivity contribution in [2.24, 2.45) is 10.1 Å². The number of nitrogens with zero attached hydrogens (tertiary/aromatic N) is 1. The summed E-state index contributed by atoms with van der Waals surface area (Å²) in [6.45, 7) is 1.18. The molecule has 1 fully saturated rings. The number of benzene rings is 1. The number of rotatable bonds is 2. The zero-order valence-corrected chi connectivity index (χ0v) is 10.8. The maximum Gasteiger partial charge on any atom is 0.344 e. The number of fused-ring (bicyclic) bond motifs is 1. The van der Waals surface area contributed by atoms with E-state index in [1.54, 1.807) is 18.2 Å². The van der Waals surface area contributed by atoms with Crippen LogP contribution in [0.5, 0.6) is 5.75 Å². The Morgan fingerprint density at radius 2 is 2.32 bits per heavy atom. The highest BCUT2D eigenvalue weighted by Gasteiger charge is 2.26. The lowest BCUT2D eigenvalue weighted by molar-refractivity contribution is 0.141. The number of ether oxygens (including phenoxy) is 2. The third-order valence-electron chi connectivity index (χ3n) is 2.92. The van der Waals surface area contributed by atoms with Crippen LogP contribution >= 0.6 is 0 Å². The highest BCUT2D eigenvalue weighted by Crippen LogP contribution is 2.31. The van der Waals surface area contributed by atoms with Gasteiger partial charge in [0.05, 0.1) is 24.5 Å². The Kier molecular flexibility index (Phi) is 2.83. The molecule has 8 heteroatoms. The van der Waals surface area contributed by atoms with E-state index in [9.17, 15) is 8.42 Å². The number of anilines is 1. The van der Waals surface area contributed by atoms with Crippen LogP contribution in [0.3, 0.4) is 0 Å². The fourth-order valence-electron chi connectivity index (χ4n) is 2.10. The van der Waals surface area contributed by atoms with Gasteiger partial charge in [0, 0.05) is 6.42 Å². The van der Waals surface area contributed by atoms with E-state index in [0.29, 0.717) is 30.2 Å². The summed E-state index contributed by atoms with van der Waals surface area (Å²) in [4.78, 5) is 0. The van der Waals surface area contributed by atoms with Crippen LogP contribution < -0.4 is 15.2 Å². The monoisotopic (exact) mass is 283 g/mol. The molecule has 102 valence electrons. The van der Waals surface area contributed by atoms with Crippen LogP contribution in [0.4, 0.5) is 5.69 Å². The third-order valence-corrected chi connectivity index (χ3v) is 3.84. The number of nitrogens with one attached hydrogen (secondary N) is 1. The van der Waals surface area contributed by atoms with Crippen molar-refractivity contribution >= 4 is 21.7 Å². The van der Waals surface area contributed by atoms with Gasteiger partial charge in [-0.15, -0.1) is 4.40 Å². The lowest BCUT2D eigenvalue weighted by atomic mass is 10.1. The van der Waals surface area contributed by atoms with E-state index in [4.69, 9.17) is 15.2 Å². The predicted molar refractivity (Wildman–Crippen MR) is 69.6 cm³/mol. The molecule has 0 spiro atoms. The van der Waals surface area contributed by atoms with E-state index in [1.807, 2.05) is 0 Å². The van der Waals surface area contributed by atoms with Crippen molar-refractivity contribution in [1.29, 1.82) is 0 Å². The summed E-state index contributed by atoms with van der Waals surface area (Å²) in [7, 11) is -3.76. The Labute approximate surface area is 110 Å². The molecule has 1 unspecified atom stereocenters. The van der Waals surface area contributed by atoms with E-state index in [1.165, 1.54) is 0 Å². The van der Waals surface area contributed by atoms with Gasteiger partial charge in [0.1, 0.15) is 11.9 Å². The molecule has 3 N–H and O–H groups in total. The molecule has 0 bridgehead atoms. The van der Waals surface area contributed by atoms with Gasteiger partial charge in [-0.25, -0.2) is 0 Å². The highest BCUT2D eigenvalue weighted by atomic mass is 32.2. The lowest BCUT2D eigenvalue weighted by Crippen LogP contribution is -2.28. The maximum atomic E-state index is 11.4.